The van der Waals surface area contributed by atoms with Crippen molar-refractivity contribution in [1.29, 1.82) is 5.41 Å². The molecule has 0 aliphatic heterocycles. The highest BCUT2D eigenvalue weighted by molar-refractivity contribution is 8.13. The molecule has 0 saturated heterocycles. The highest BCUT2D eigenvalue weighted by atomic mass is 32.2. The third-order valence-corrected chi connectivity index (χ3v) is 1.98. The number of thioether (sulfide) groups is 1. The molecule has 0 amide bonds. The largest absolute Gasteiger partial charge is 0.370 e. The molecule has 4 nitrogen and oxygen atoms in total. The number of guanidine groups is 1. The minimum atomic E-state index is -0.0498. The molecule has 0 aromatic carbocycles. The molecule has 0 radical (unpaired) electrons. The van der Waals surface area contributed by atoms with Gasteiger partial charge in [-0.25, -0.2) is 0 Å². The van der Waals surface area contributed by atoms with Crippen LogP contribution in [0.5, 0.6) is 0 Å². The summed E-state index contributed by atoms with van der Waals surface area (Å²) in [4.78, 5) is 3.57. The van der Waals surface area contributed by atoms with Gasteiger partial charge in [-0.3, -0.25) is 5.41 Å². The maximum absolute atomic E-state index is 7.23. The minimum Gasteiger partial charge on any atom is -0.370 e. The summed E-state index contributed by atoms with van der Waals surface area (Å²) in [6.45, 7) is 4.16. The molecule has 0 aliphatic rings. The van der Waals surface area contributed by atoms with Gasteiger partial charge in [0, 0.05) is 5.75 Å². The lowest BCUT2D eigenvalue weighted by molar-refractivity contribution is 0.752. The topological polar surface area (TPSA) is 88.2 Å². The van der Waals surface area contributed by atoms with Crippen LogP contribution in [0.25, 0.3) is 0 Å². The van der Waals surface area contributed by atoms with Crippen molar-refractivity contribution >= 4 is 22.9 Å². The van der Waals surface area contributed by atoms with Crippen molar-refractivity contribution in [2.45, 2.75) is 13.8 Å². The fraction of sp³-hybridized carbons (Fsp3) is 0.667. The maximum Gasteiger partial charge on any atom is 0.193 e. The van der Waals surface area contributed by atoms with Crippen LogP contribution in [0.1, 0.15) is 13.8 Å². The van der Waals surface area contributed by atoms with Crippen LogP contribution >= 0.6 is 11.8 Å². The van der Waals surface area contributed by atoms with Crippen molar-refractivity contribution in [3.05, 3.63) is 0 Å². The Morgan fingerprint density at radius 1 is 1.55 bits per heavy atom. The van der Waals surface area contributed by atoms with Crippen molar-refractivity contribution in [3.8, 4) is 0 Å². The maximum atomic E-state index is 7.23. The number of nitrogens with one attached hydrogen (secondary N) is 1. The zero-order chi connectivity index (χ0) is 8.85. The van der Waals surface area contributed by atoms with E-state index < -0.39 is 0 Å². The van der Waals surface area contributed by atoms with Crippen LogP contribution in [0.2, 0.25) is 0 Å². The zero-order valence-corrected chi connectivity index (χ0v) is 7.61. The van der Waals surface area contributed by atoms with E-state index in [9.17, 15) is 0 Å². The molecule has 0 saturated carbocycles. The van der Waals surface area contributed by atoms with Gasteiger partial charge in [-0.15, -0.1) is 0 Å². The molecule has 0 unspecified atom stereocenters. The van der Waals surface area contributed by atoms with E-state index in [-0.39, 0.29) is 11.1 Å². The Morgan fingerprint density at radius 3 is 2.45 bits per heavy atom. The van der Waals surface area contributed by atoms with Gasteiger partial charge in [0.25, 0.3) is 0 Å². The predicted octanol–water partition coefficient (Wildman–Crippen LogP) is 0.584. The second kappa shape index (κ2) is 5.01. The lowest BCUT2D eigenvalue weighted by atomic mass is 10.3. The fourth-order valence-electron chi connectivity index (χ4n) is 0.395. The molecule has 0 aliphatic carbocycles. The summed E-state index contributed by atoms with van der Waals surface area (Å²) in [7, 11) is 0. The molecule has 0 aromatic heterocycles. The summed E-state index contributed by atoms with van der Waals surface area (Å²) in [5, 5.41) is 7.41. The Hall–Kier alpha value is -0.710. The first-order valence-electron chi connectivity index (χ1n) is 3.33. The SMILES string of the molecule is CC(C)CSC(=N)N=C(N)N. The lowest BCUT2D eigenvalue weighted by Crippen LogP contribution is -2.23. The van der Waals surface area contributed by atoms with Gasteiger partial charge in [0.05, 0.1) is 0 Å². The van der Waals surface area contributed by atoms with Crippen molar-refractivity contribution < 1.29 is 0 Å². The molecule has 5 heteroatoms. The van der Waals surface area contributed by atoms with Gasteiger partial charge in [-0.2, -0.15) is 4.99 Å². The Morgan fingerprint density at radius 2 is 2.09 bits per heavy atom. The van der Waals surface area contributed by atoms with Crippen molar-refractivity contribution in [1.82, 2.24) is 0 Å². The van der Waals surface area contributed by atoms with Crippen LogP contribution in [0.15, 0.2) is 4.99 Å². The van der Waals surface area contributed by atoms with Crippen LogP contribution in [0, 0.1) is 11.3 Å². The van der Waals surface area contributed by atoms with Crippen LogP contribution in [0.3, 0.4) is 0 Å². The van der Waals surface area contributed by atoms with E-state index in [1.54, 1.807) is 0 Å². The first kappa shape index (κ1) is 10.3. The molecule has 0 heterocycles. The van der Waals surface area contributed by atoms with Crippen molar-refractivity contribution in [3.63, 3.8) is 0 Å². The smallest absolute Gasteiger partial charge is 0.193 e. The molecule has 0 atom stereocenters. The van der Waals surface area contributed by atoms with Crippen LogP contribution < -0.4 is 11.5 Å². The number of rotatable bonds is 2. The molecule has 0 spiro atoms. The highest BCUT2D eigenvalue weighted by Gasteiger charge is 1.98. The Bertz CT molecular complexity index is 160. The Labute approximate surface area is 70.9 Å². The van der Waals surface area contributed by atoms with Gasteiger partial charge in [0.1, 0.15) is 0 Å². The van der Waals surface area contributed by atoms with Gasteiger partial charge in [-0.05, 0) is 5.92 Å². The van der Waals surface area contributed by atoms with E-state index in [0.717, 1.165) is 5.75 Å². The van der Waals surface area contributed by atoms with Crippen LogP contribution in [-0.4, -0.2) is 16.9 Å². The van der Waals surface area contributed by atoms with Gasteiger partial charge in [0.15, 0.2) is 11.1 Å². The molecule has 0 fully saturated rings. The fourth-order valence-corrected chi connectivity index (χ4v) is 1.06. The number of nitrogens with two attached hydrogens (primary N) is 2. The average Bonchev–Trinajstić information content (AvgIpc) is 1.82. The normalized spacial score (nSPS) is 9.73. The number of amidine groups is 1. The molecule has 5 N–H and O–H groups in total. The number of nitrogens with zero attached hydrogens (tertiary/aromatic N) is 1. The monoisotopic (exact) mass is 174 g/mol. The summed E-state index contributed by atoms with van der Waals surface area (Å²) in [6, 6.07) is 0. The standard InChI is InChI=1S/C6H14N4S/c1-4(2)3-11-6(9)10-5(7)8/h4H,3H2,1-2H3,(H5,7,8,9,10). The Balaban J connectivity index is 3.63. The average molecular weight is 174 g/mol. The van der Waals surface area contributed by atoms with Crippen molar-refractivity contribution in [2.75, 3.05) is 5.75 Å². The molecule has 64 valence electrons. The van der Waals surface area contributed by atoms with E-state index in [1.165, 1.54) is 11.8 Å². The highest BCUT2D eigenvalue weighted by Crippen LogP contribution is 2.08. The lowest BCUT2D eigenvalue weighted by Gasteiger charge is -2.01. The molecule has 0 aromatic rings. The molecule has 11 heavy (non-hydrogen) atoms. The van der Waals surface area contributed by atoms with Crippen molar-refractivity contribution in [2.24, 2.45) is 22.4 Å². The van der Waals surface area contributed by atoms with E-state index >= 15 is 0 Å². The second-order valence-corrected chi connectivity index (χ2v) is 3.56. The van der Waals surface area contributed by atoms with Gasteiger partial charge in [-0.1, -0.05) is 25.6 Å². The summed E-state index contributed by atoms with van der Waals surface area (Å²) in [6.07, 6.45) is 0. The third kappa shape index (κ3) is 7.18. The van der Waals surface area contributed by atoms with Gasteiger partial charge >= 0.3 is 0 Å². The molecule has 0 rings (SSSR count). The van der Waals surface area contributed by atoms with Crippen LogP contribution in [0.4, 0.5) is 0 Å². The third-order valence-electron chi connectivity index (χ3n) is 0.784. The number of hydrogen-bond donors (Lipinski definition) is 3. The first-order valence-corrected chi connectivity index (χ1v) is 4.32. The first-order chi connectivity index (χ1) is 5.02. The van der Waals surface area contributed by atoms with Crippen LogP contribution in [-0.2, 0) is 0 Å². The minimum absolute atomic E-state index is 0.0498. The molecular formula is C6H14N4S. The second-order valence-electron chi connectivity index (χ2n) is 2.55. The molecule has 0 bridgehead atoms. The van der Waals surface area contributed by atoms with E-state index in [0.29, 0.717) is 5.92 Å². The summed E-state index contributed by atoms with van der Waals surface area (Å²) >= 11 is 1.35. The summed E-state index contributed by atoms with van der Waals surface area (Å²) < 4.78 is 0. The van der Waals surface area contributed by atoms with Gasteiger partial charge in [0.2, 0.25) is 0 Å². The summed E-state index contributed by atoms with van der Waals surface area (Å²) in [5.41, 5.74) is 10.1. The number of aliphatic imine (C=N–C) groups is 1. The van der Waals surface area contributed by atoms with E-state index in [1.807, 2.05) is 0 Å². The zero-order valence-electron chi connectivity index (χ0n) is 6.79. The molecular weight excluding hydrogens is 160 g/mol. The Kier molecular flexibility index (Phi) is 4.69. The predicted molar refractivity (Wildman–Crippen MR) is 50.8 cm³/mol. The van der Waals surface area contributed by atoms with E-state index in [4.69, 9.17) is 16.9 Å². The quantitative estimate of drug-likeness (QED) is 0.422. The number of hydrogen-bond acceptors (Lipinski definition) is 2. The van der Waals surface area contributed by atoms with E-state index in [2.05, 4.69) is 18.8 Å². The van der Waals surface area contributed by atoms with Gasteiger partial charge < -0.3 is 11.5 Å². The summed E-state index contributed by atoms with van der Waals surface area (Å²) in [5.74, 6) is 1.37.